The fourth-order valence-electron chi connectivity index (χ4n) is 3.18. The van der Waals surface area contributed by atoms with Crippen LogP contribution in [0.2, 0.25) is 0 Å². The molecule has 2 aromatic carbocycles. The van der Waals surface area contributed by atoms with E-state index in [1.807, 2.05) is 44.2 Å². The van der Waals surface area contributed by atoms with Crippen molar-refractivity contribution in [2.45, 2.75) is 29.9 Å². The van der Waals surface area contributed by atoms with Gasteiger partial charge >= 0.3 is 0 Å². The number of ether oxygens (including phenoxy) is 2. The van der Waals surface area contributed by atoms with Crippen LogP contribution < -0.4 is 5.56 Å². The average Bonchev–Trinajstić information content (AvgIpc) is 3.19. The molecule has 0 spiro atoms. The second-order valence-electron chi connectivity index (χ2n) is 6.55. The van der Waals surface area contributed by atoms with Gasteiger partial charge in [0.25, 0.3) is 5.56 Å². The minimum atomic E-state index is -0.662. The van der Waals surface area contributed by atoms with Gasteiger partial charge in [0.2, 0.25) is 6.29 Å². The van der Waals surface area contributed by atoms with E-state index >= 15 is 0 Å². The average molecular weight is 422 g/mol. The van der Waals surface area contributed by atoms with Gasteiger partial charge in [-0.2, -0.15) is 0 Å². The van der Waals surface area contributed by atoms with Crippen LogP contribution in [0.3, 0.4) is 0 Å². The number of aromatic amines is 1. The molecule has 1 N–H and O–H groups in total. The number of nitrogens with zero attached hydrogens (tertiary/aromatic N) is 2. The van der Waals surface area contributed by atoms with Crippen molar-refractivity contribution in [1.82, 2.24) is 14.6 Å². The van der Waals surface area contributed by atoms with Gasteiger partial charge in [0.15, 0.2) is 5.65 Å². The van der Waals surface area contributed by atoms with E-state index < -0.39 is 6.29 Å². The molecule has 2 aromatic heterocycles. The normalized spacial score (nSPS) is 11.4. The first kappa shape index (κ1) is 20.4. The standard InChI is InChI=1S/C23H23N3O3S/c1-3-28-23(29-4-2)20-14-21(27)26-22(25-20)19(15-24-26)16-10-12-18(13-11-16)30-17-8-6-5-7-9-17/h5-15,23-24H,3-4H2,1-2H3. The summed E-state index contributed by atoms with van der Waals surface area (Å²) in [6.07, 6.45) is 1.13. The number of fused-ring (bicyclic) bond motifs is 1. The number of hydrogen-bond donors (Lipinski definition) is 1. The maximum absolute atomic E-state index is 12.6. The quantitative estimate of drug-likeness (QED) is 0.409. The number of H-pyrrole nitrogens is 1. The second-order valence-corrected chi connectivity index (χ2v) is 7.69. The Morgan fingerprint density at radius 2 is 1.67 bits per heavy atom. The molecule has 0 aliphatic rings. The predicted octanol–water partition coefficient (Wildman–Crippen LogP) is 4.91. The van der Waals surface area contributed by atoms with Crippen LogP contribution in [0.15, 0.2) is 81.4 Å². The molecule has 0 saturated heterocycles. The van der Waals surface area contributed by atoms with E-state index in [1.54, 1.807) is 18.0 Å². The van der Waals surface area contributed by atoms with Crippen molar-refractivity contribution in [1.29, 1.82) is 0 Å². The molecule has 0 atom stereocenters. The van der Waals surface area contributed by atoms with E-state index in [0.717, 1.165) is 16.0 Å². The first-order chi connectivity index (χ1) is 14.7. The molecule has 154 valence electrons. The lowest BCUT2D eigenvalue weighted by atomic mass is 10.1. The molecular weight excluding hydrogens is 398 g/mol. The Bertz CT molecular complexity index is 1160. The Balaban J connectivity index is 1.67. The summed E-state index contributed by atoms with van der Waals surface area (Å²) in [5.41, 5.74) is 2.63. The summed E-state index contributed by atoms with van der Waals surface area (Å²) in [4.78, 5) is 19.6. The van der Waals surface area contributed by atoms with Gasteiger partial charge < -0.3 is 9.47 Å². The van der Waals surface area contributed by atoms with E-state index in [2.05, 4.69) is 34.3 Å². The summed E-state index contributed by atoms with van der Waals surface area (Å²) in [5, 5.41) is 2.99. The number of nitrogens with one attached hydrogen (secondary N) is 1. The van der Waals surface area contributed by atoms with E-state index in [-0.39, 0.29) is 5.56 Å². The van der Waals surface area contributed by atoms with Crippen molar-refractivity contribution in [2.24, 2.45) is 0 Å². The van der Waals surface area contributed by atoms with Crippen LogP contribution in [-0.4, -0.2) is 27.8 Å². The molecule has 0 radical (unpaired) electrons. The van der Waals surface area contributed by atoms with Crippen molar-refractivity contribution in [2.75, 3.05) is 13.2 Å². The summed E-state index contributed by atoms with van der Waals surface area (Å²) in [7, 11) is 0. The number of rotatable bonds is 8. The topological polar surface area (TPSA) is 68.6 Å². The highest BCUT2D eigenvalue weighted by molar-refractivity contribution is 7.99. The Hall–Kier alpha value is -2.87. The summed E-state index contributed by atoms with van der Waals surface area (Å²) >= 11 is 1.71. The van der Waals surface area contributed by atoms with Crippen molar-refractivity contribution >= 4 is 17.4 Å². The van der Waals surface area contributed by atoms with E-state index in [9.17, 15) is 4.79 Å². The monoisotopic (exact) mass is 421 g/mol. The lowest BCUT2D eigenvalue weighted by molar-refractivity contribution is -0.142. The molecule has 0 saturated carbocycles. The van der Waals surface area contributed by atoms with Crippen LogP contribution in [0.5, 0.6) is 0 Å². The van der Waals surface area contributed by atoms with Gasteiger partial charge in [-0.1, -0.05) is 42.1 Å². The van der Waals surface area contributed by atoms with Crippen LogP contribution in [0.4, 0.5) is 0 Å². The van der Waals surface area contributed by atoms with E-state index in [0.29, 0.717) is 24.6 Å². The number of hydrogen-bond acceptors (Lipinski definition) is 5. The summed E-state index contributed by atoms with van der Waals surface area (Å²) in [6.45, 7) is 4.70. The van der Waals surface area contributed by atoms with Gasteiger partial charge in [-0.3, -0.25) is 9.89 Å². The third kappa shape index (κ3) is 4.33. The van der Waals surface area contributed by atoms with Crippen LogP contribution in [-0.2, 0) is 9.47 Å². The molecule has 0 fully saturated rings. The fourth-order valence-corrected chi connectivity index (χ4v) is 4.02. The Labute approximate surface area is 178 Å². The maximum Gasteiger partial charge on any atom is 0.273 e. The summed E-state index contributed by atoms with van der Waals surface area (Å²) in [6, 6.07) is 19.9. The Kier molecular flexibility index (Phi) is 6.32. The molecule has 4 aromatic rings. The van der Waals surface area contributed by atoms with Gasteiger partial charge in [-0.25, -0.2) is 9.50 Å². The first-order valence-corrected chi connectivity index (χ1v) is 10.7. The first-order valence-electron chi connectivity index (χ1n) is 9.87. The Morgan fingerprint density at radius 1 is 1.00 bits per heavy atom. The zero-order valence-corrected chi connectivity index (χ0v) is 17.7. The third-order valence-corrected chi connectivity index (χ3v) is 5.55. The number of benzene rings is 2. The molecule has 0 amide bonds. The molecule has 7 heteroatoms. The molecule has 6 nitrogen and oxygen atoms in total. The van der Waals surface area contributed by atoms with Crippen LogP contribution in [0, 0.1) is 0 Å². The van der Waals surface area contributed by atoms with Crippen LogP contribution in [0.25, 0.3) is 16.8 Å². The van der Waals surface area contributed by atoms with Crippen molar-refractivity contribution < 1.29 is 9.47 Å². The molecule has 4 rings (SSSR count). The summed E-state index contributed by atoms with van der Waals surface area (Å²) in [5.74, 6) is 0. The zero-order valence-electron chi connectivity index (χ0n) is 16.9. The lowest BCUT2D eigenvalue weighted by Crippen LogP contribution is -2.19. The van der Waals surface area contributed by atoms with Gasteiger partial charge in [0, 0.05) is 40.8 Å². The second kappa shape index (κ2) is 9.30. The minimum Gasteiger partial charge on any atom is -0.347 e. The van der Waals surface area contributed by atoms with Crippen LogP contribution in [0.1, 0.15) is 25.8 Å². The zero-order chi connectivity index (χ0) is 20.9. The van der Waals surface area contributed by atoms with Crippen molar-refractivity contribution in [3.05, 3.63) is 82.9 Å². The molecule has 0 aliphatic carbocycles. The fraction of sp³-hybridized carbons (Fsp3) is 0.217. The smallest absolute Gasteiger partial charge is 0.273 e. The third-order valence-electron chi connectivity index (χ3n) is 4.54. The van der Waals surface area contributed by atoms with Crippen molar-refractivity contribution in [3.8, 4) is 11.1 Å². The SMILES string of the molecule is CCOC(OCC)c1cc(=O)n2[nH]cc(-c3ccc(Sc4ccccc4)cc3)c2n1. The van der Waals surface area contributed by atoms with Crippen molar-refractivity contribution in [3.63, 3.8) is 0 Å². The number of aromatic nitrogens is 3. The van der Waals surface area contributed by atoms with Gasteiger partial charge in [0.05, 0.1) is 0 Å². The molecule has 0 aliphatic heterocycles. The Morgan fingerprint density at radius 3 is 2.33 bits per heavy atom. The highest BCUT2D eigenvalue weighted by atomic mass is 32.2. The van der Waals surface area contributed by atoms with E-state index in [1.165, 1.54) is 15.5 Å². The molecule has 30 heavy (non-hydrogen) atoms. The molecular formula is C23H23N3O3S. The van der Waals surface area contributed by atoms with Gasteiger partial charge in [0.1, 0.15) is 5.69 Å². The predicted molar refractivity (Wildman–Crippen MR) is 118 cm³/mol. The highest BCUT2D eigenvalue weighted by Gasteiger charge is 2.18. The largest absolute Gasteiger partial charge is 0.347 e. The molecule has 0 bridgehead atoms. The molecule has 2 heterocycles. The van der Waals surface area contributed by atoms with Crippen LogP contribution >= 0.6 is 11.8 Å². The minimum absolute atomic E-state index is 0.207. The maximum atomic E-state index is 12.6. The molecule has 0 unspecified atom stereocenters. The summed E-state index contributed by atoms with van der Waals surface area (Å²) < 4.78 is 12.7. The van der Waals surface area contributed by atoms with Gasteiger partial charge in [-0.15, -0.1) is 0 Å². The van der Waals surface area contributed by atoms with Gasteiger partial charge in [-0.05, 0) is 43.7 Å². The highest BCUT2D eigenvalue weighted by Crippen LogP contribution is 2.30. The van der Waals surface area contributed by atoms with E-state index in [4.69, 9.17) is 9.47 Å². The lowest BCUT2D eigenvalue weighted by Gasteiger charge is -2.16.